The number of aromatic carboxylic acids is 1. The summed E-state index contributed by atoms with van der Waals surface area (Å²) < 4.78 is 0. The predicted molar refractivity (Wildman–Crippen MR) is 145 cm³/mol. The van der Waals surface area contributed by atoms with Gasteiger partial charge in [0.2, 0.25) is 0 Å². The van der Waals surface area contributed by atoms with E-state index >= 15 is 0 Å². The lowest BCUT2D eigenvalue weighted by Gasteiger charge is -2.26. The van der Waals surface area contributed by atoms with Gasteiger partial charge in [0.05, 0.1) is 0 Å². The van der Waals surface area contributed by atoms with E-state index in [-0.39, 0.29) is 11.3 Å². The summed E-state index contributed by atoms with van der Waals surface area (Å²) in [5.74, 6) is -0.996. The van der Waals surface area contributed by atoms with Crippen molar-refractivity contribution in [2.75, 3.05) is 11.4 Å². The molecule has 4 nitrogen and oxygen atoms in total. The van der Waals surface area contributed by atoms with Crippen LogP contribution in [0.4, 0.5) is 5.69 Å². The highest BCUT2D eigenvalue weighted by Crippen LogP contribution is 2.28. The molecular weight excluding hydrogens is 434 g/mol. The molecule has 1 unspecified atom stereocenters. The van der Waals surface area contributed by atoms with Crippen LogP contribution in [-0.2, 0) is 13.0 Å². The van der Waals surface area contributed by atoms with Crippen LogP contribution in [0.3, 0.4) is 0 Å². The first-order chi connectivity index (χ1) is 16.9. The van der Waals surface area contributed by atoms with Crippen molar-refractivity contribution in [2.24, 2.45) is 0 Å². The van der Waals surface area contributed by atoms with Crippen molar-refractivity contribution in [3.63, 3.8) is 0 Å². The number of carboxylic acid groups (broad SMARTS) is 1. The van der Waals surface area contributed by atoms with E-state index in [0.717, 1.165) is 37.9 Å². The Hall–Kier alpha value is -3.27. The maximum absolute atomic E-state index is 11.5. The molecule has 0 bridgehead atoms. The van der Waals surface area contributed by atoms with Gasteiger partial charge in [-0.1, -0.05) is 95.0 Å². The smallest absolute Gasteiger partial charge is 0.339 e. The monoisotopic (exact) mass is 473 g/mol. The molecule has 0 saturated carbocycles. The molecule has 2 N–H and O–H groups in total. The summed E-state index contributed by atoms with van der Waals surface area (Å²) in [5.41, 5.74) is 5.93. The largest absolute Gasteiger partial charge is 0.507 e. The summed E-state index contributed by atoms with van der Waals surface area (Å²) in [4.78, 5) is 13.8. The van der Waals surface area contributed by atoms with Crippen LogP contribution in [0.5, 0.6) is 5.75 Å². The van der Waals surface area contributed by atoms with Gasteiger partial charge in [-0.05, 0) is 53.3 Å². The summed E-state index contributed by atoms with van der Waals surface area (Å²) >= 11 is 0. The fourth-order valence-electron chi connectivity index (χ4n) is 4.51. The second kappa shape index (κ2) is 13.0. The van der Waals surface area contributed by atoms with Gasteiger partial charge in [0.15, 0.2) is 0 Å². The molecule has 0 saturated heterocycles. The highest BCUT2D eigenvalue weighted by atomic mass is 16.4. The van der Waals surface area contributed by atoms with E-state index < -0.39 is 5.97 Å². The zero-order valence-corrected chi connectivity index (χ0v) is 21.3. The number of carbonyl (C=O) groups is 1. The third-order valence-electron chi connectivity index (χ3n) is 6.73. The van der Waals surface area contributed by atoms with Gasteiger partial charge in [-0.2, -0.15) is 0 Å². The van der Waals surface area contributed by atoms with E-state index in [1.165, 1.54) is 41.2 Å². The summed E-state index contributed by atoms with van der Waals surface area (Å²) in [6.45, 7) is 8.17. The Balaban J connectivity index is 1.76. The third-order valence-corrected chi connectivity index (χ3v) is 6.73. The van der Waals surface area contributed by atoms with E-state index in [1.54, 1.807) is 12.1 Å². The van der Waals surface area contributed by atoms with Crippen LogP contribution in [0.25, 0.3) is 0 Å². The summed E-state index contributed by atoms with van der Waals surface area (Å²) in [6, 6.07) is 22.6. The minimum atomic E-state index is -1.11. The van der Waals surface area contributed by atoms with Crippen LogP contribution in [0.2, 0.25) is 0 Å². The fraction of sp³-hybridized carbons (Fsp3) is 0.387. The highest BCUT2D eigenvalue weighted by molar-refractivity contribution is 5.92. The number of phenols is 1. The Bertz CT molecular complexity index is 1070. The lowest BCUT2D eigenvalue weighted by atomic mass is 9.91. The Labute approximate surface area is 210 Å². The quantitative estimate of drug-likeness (QED) is 0.249. The number of carboxylic acids is 1. The van der Waals surface area contributed by atoms with Crippen molar-refractivity contribution >= 4 is 11.7 Å². The number of anilines is 1. The molecule has 0 radical (unpaired) electrons. The molecule has 0 aliphatic carbocycles. The Morgan fingerprint density at radius 3 is 2.03 bits per heavy atom. The molecule has 3 aromatic carbocycles. The minimum absolute atomic E-state index is 0.0600. The van der Waals surface area contributed by atoms with E-state index in [9.17, 15) is 15.0 Å². The van der Waals surface area contributed by atoms with Crippen LogP contribution < -0.4 is 4.90 Å². The van der Waals surface area contributed by atoms with Crippen molar-refractivity contribution in [1.82, 2.24) is 0 Å². The molecule has 35 heavy (non-hydrogen) atoms. The van der Waals surface area contributed by atoms with Gasteiger partial charge >= 0.3 is 5.97 Å². The minimum Gasteiger partial charge on any atom is -0.507 e. The maximum Gasteiger partial charge on any atom is 0.339 e. The summed E-state index contributed by atoms with van der Waals surface area (Å²) in [5, 5.41) is 19.4. The van der Waals surface area contributed by atoms with E-state index in [1.807, 2.05) is 0 Å². The van der Waals surface area contributed by atoms with Crippen LogP contribution >= 0.6 is 0 Å². The van der Waals surface area contributed by atoms with Gasteiger partial charge in [0.25, 0.3) is 0 Å². The second-order valence-corrected chi connectivity index (χ2v) is 9.44. The average molecular weight is 474 g/mol. The Morgan fingerprint density at radius 2 is 1.46 bits per heavy atom. The zero-order chi connectivity index (χ0) is 25.2. The summed E-state index contributed by atoms with van der Waals surface area (Å²) in [6.07, 6.45) is 6.82. The molecule has 4 heteroatoms. The number of unbranched alkanes of at least 4 members (excludes halogenated alkanes) is 3. The maximum atomic E-state index is 11.5. The first-order valence-corrected chi connectivity index (χ1v) is 12.9. The van der Waals surface area contributed by atoms with Crippen molar-refractivity contribution in [1.29, 1.82) is 0 Å². The van der Waals surface area contributed by atoms with E-state index in [4.69, 9.17) is 0 Å². The summed E-state index contributed by atoms with van der Waals surface area (Å²) in [7, 11) is 0. The standard InChI is InChI=1S/C31H39NO3/c1-4-6-7-8-20-32(28-18-19-30(33)29(21-28)31(34)35)22-25-12-16-27(17-13-25)23(3)26-14-10-24(9-5-2)11-15-26/h10-19,21,23,33H,4-9,20,22H2,1-3H3,(H,34,35). The lowest BCUT2D eigenvalue weighted by molar-refractivity contribution is 0.0693. The molecule has 0 aromatic heterocycles. The molecule has 186 valence electrons. The normalized spacial score (nSPS) is 11.9. The van der Waals surface area contributed by atoms with Crippen molar-refractivity contribution in [3.8, 4) is 5.75 Å². The first-order valence-electron chi connectivity index (χ1n) is 12.9. The van der Waals surface area contributed by atoms with Gasteiger partial charge in [0.1, 0.15) is 11.3 Å². The molecule has 0 heterocycles. The first kappa shape index (κ1) is 26.3. The fourth-order valence-corrected chi connectivity index (χ4v) is 4.51. The molecule has 0 amide bonds. The SMILES string of the molecule is CCCCCCN(Cc1ccc(C(C)c2ccc(CCC)cc2)cc1)c1ccc(O)c(C(=O)O)c1. The number of rotatable bonds is 13. The molecule has 0 aliphatic rings. The number of aromatic hydroxyl groups is 1. The molecular formula is C31H39NO3. The molecule has 3 aromatic rings. The van der Waals surface area contributed by atoms with Crippen LogP contribution in [-0.4, -0.2) is 22.7 Å². The molecule has 0 spiro atoms. The molecule has 0 fully saturated rings. The van der Waals surface area contributed by atoms with Crippen LogP contribution in [0, 0.1) is 0 Å². The van der Waals surface area contributed by atoms with Gasteiger partial charge in [0, 0.05) is 24.7 Å². The van der Waals surface area contributed by atoms with Gasteiger partial charge < -0.3 is 15.1 Å². The Morgan fingerprint density at radius 1 is 0.829 bits per heavy atom. The van der Waals surface area contributed by atoms with Gasteiger partial charge in [-0.15, -0.1) is 0 Å². The van der Waals surface area contributed by atoms with Crippen molar-refractivity contribution < 1.29 is 15.0 Å². The molecule has 3 rings (SSSR count). The average Bonchev–Trinajstić information content (AvgIpc) is 2.87. The number of hydrogen-bond donors (Lipinski definition) is 2. The Kier molecular flexibility index (Phi) is 9.77. The predicted octanol–water partition coefficient (Wildman–Crippen LogP) is 7.78. The van der Waals surface area contributed by atoms with Gasteiger partial charge in [-0.3, -0.25) is 0 Å². The van der Waals surface area contributed by atoms with Crippen molar-refractivity contribution in [3.05, 3.63) is 94.5 Å². The number of benzene rings is 3. The van der Waals surface area contributed by atoms with Crippen molar-refractivity contribution in [2.45, 2.75) is 71.8 Å². The zero-order valence-electron chi connectivity index (χ0n) is 21.3. The number of nitrogens with zero attached hydrogens (tertiary/aromatic N) is 1. The third kappa shape index (κ3) is 7.35. The lowest BCUT2D eigenvalue weighted by Crippen LogP contribution is -2.24. The molecule has 0 aliphatic heterocycles. The van der Waals surface area contributed by atoms with E-state index in [2.05, 4.69) is 74.2 Å². The van der Waals surface area contributed by atoms with Crippen LogP contribution in [0.1, 0.15) is 91.4 Å². The molecule has 1 atom stereocenters. The number of hydrogen-bond acceptors (Lipinski definition) is 3. The topological polar surface area (TPSA) is 60.8 Å². The second-order valence-electron chi connectivity index (χ2n) is 9.44. The van der Waals surface area contributed by atoms with Crippen LogP contribution in [0.15, 0.2) is 66.7 Å². The van der Waals surface area contributed by atoms with Gasteiger partial charge in [-0.25, -0.2) is 4.79 Å². The highest BCUT2D eigenvalue weighted by Gasteiger charge is 2.15. The number of aryl methyl sites for hydroxylation is 1. The van der Waals surface area contributed by atoms with E-state index in [0.29, 0.717) is 12.5 Å².